The number of hydrogen-bond donors (Lipinski definition) is 1. The summed E-state index contributed by atoms with van der Waals surface area (Å²) in [5, 5.41) is 9.33. The number of rotatable bonds is 8. The third kappa shape index (κ3) is 6.73. The van der Waals surface area contributed by atoms with E-state index in [0.717, 1.165) is 6.42 Å². The van der Waals surface area contributed by atoms with Crippen molar-refractivity contribution in [3.05, 3.63) is 11.6 Å². The lowest BCUT2D eigenvalue weighted by Crippen LogP contribution is -2.44. The van der Waals surface area contributed by atoms with Crippen molar-refractivity contribution in [2.24, 2.45) is 0 Å². The molecule has 0 aliphatic rings. The van der Waals surface area contributed by atoms with Gasteiger partial charge in [0, 0.05) is 0 Å². The molecule has 0 aromatic carbocycles. The molecule has 0 amide bonds. The van der Waals surface area contributed by atoms with Crippen molar-refractivity contribution in [1.82, 2.24) is 0 Å². The summed E-state index contributed by atoms with van der Waals surface area (Å²) in [6.45, 7) is 15.8. The molecule has 0 fully saturated rings. The van der Waals surface area contributed by atoms with Crippen LogP contribution in [0.25, 0.3) is 0 Å². The van der Waals surface area contributed by atoms with Crippen LogP contribution in [-0.4, -0.2) is 26.1 Å². The van der Waals surface area contributed by atoms with E-state index in [0.29, 0.717) is 0 Å². The highest BCUT2D eigenvalue weighted by Gasteiger charge is 2.39. The predicted molar refractivity (Wildman–Crippen MR) is 87.1 cm³/mol. The standard InChI is InChI=1S/C16H34O2Si/c1-8-9-10-11-15(14(2)12-13-17)18-19(6,7)16(3,4)5/h12,15,17H,8-11,13H2,1-7H3/b14-12-. The van der Waals surface area contributed by atoms with Crippen LogP contribution in [0.4, 0.5) is 0 Å². The number of aliphatic hydroxyl groups excluding tert-OH is 1. The monoisotopic (exact) mass is 286 g/mol. The maximum Gasteiger partial charge on any atom is 0.192 e. The van der Waals surface area contributed by atoms with Crippen molar-refractivity contribution < 1.29 is 9.53 Å². The minimum atomic E-state index is -1.74. The molecule has 1 atom stereocenters. The molecule has 0 spiro atoms. The van der Waals surface area contributed by atoms with Crippen LogP contribution >= 0.6 is 0 Å². The smallest absolute Gasteiger partial charge is 0.192 e. The lowest BCUT2D eigenvalue weighted by molar-refractivity contribution is 0.198. The van der Waals surface area contributed by atoms with Gasteiger partial charge >= 0.3 is 0 Å². The van der Waals surface area contributed by atoms with E-state index in [1.165, 1.54) is 24.8 Å². The molecule has 0 aliphatic heterocycles. The van der Waals surface area contributed by atoms with Gasteiger partial charge in [0.2, 0.25) is 0 Å². The van der Waals surface area contributed by atoms with Crippen LogP contribution in [0.2, 0.25) is 18.1 Å². The van der Waals surface area contributed by atoms with Gasteiger partial charge in [0.05, 0.1) is 12.7 Å². The molecule has 3 heteroatoms. The zero-order chi connectivity index (χ0) is 15.1. The molecule has 0 heterocycles. The Hall–Kier alpha value is -0.123. The highest BCUT2D eigenvalue weighted by atomic mass is 28.4. The van der Waals surface area contributed by atoms with Gasteiger partial charge in [-0.3, -0.25) is 0 Å². The Bertz CT molecular complexity index is 277. The Morgan fingerprint density at radius 3 is 2.26 bits per heavy atom. The molecule has 1 N–H and O–H groups in total. The summed E-state index contributed by atoms with van der Waals surface area (Å²) in [6, 6.07) is 0. The van der Waals surface area contributed by atoms with Gasteiger partial charge in [0.15, 0.2) is 8.32 Å². The van der Waals surface area contributed by atoms with E-state index >= 15 is 0 Å². The van der Waals surface area contributed by atoms with Gasteiger partial charge < -0.3 is 9.53 Å². The Kier molecular flexibility index (Phi) is 8.17. The topological polar surface area (TPSA) is 29.5 Å². The first kappa shape index (κ1) is 18.9. The van der Waals surface area contributed by atoms with Crippen molar-refractivity contribution in [2.75, 3.05) is 6.61 Å². The maximum absolute atomic E-state index is 9.09. The van der Waals surface area contributed by atoms with Gasteiger partial charge in [-0.25, -0.2) is 0 Å². The molecule has 19 heavy (non-hydrogen) atoms. The second-order valence-corrected chi connectivity index (χ2v) is 11.7. The molecule has 0 saturated carbocycles. The molecule has 0 saturated heterocycles. The van der Waals surface area contributed by atoms with E-state index in [2.05, 4.69) is 47.7 Å². The summed E-state index contributed by atoms with van der Waals surface area (Å²) in [4.78, 5) is 0. The second-order valence-electron chi connectivity index (χ2n) is 6.99. The van der Waals surface area contributed by atoms with Crippen molar-refractivity contribution in [1.29, 1.82) is 0 Å². The lowest BCUT2D eigenvalue weighted by Gasteiger charge is -2.39. The second kappa shape index (κ2) is 8.23. The Balaban J connectivity index is 4.80. The predicted octanol–water partition coefficient (Wildman–Crippen LogP) is 4.90. The zero-order valence-corrected chi connectivity index (χ0v) is 15.0. The molecular weight excluding hydrogens is 252 g/mol. The molecule has 0 aromatic rings. The summed E-state index contributed by atoms with van der Waals surface area (Å²) in [7, 11) is -1.74. The van der Waals surface area contributed by atoms with Crippen molar-refractivity contribution in [2.45, 2.75) is 84.5 Å². The first-order valence-electron chi connectivity index (χ1n) is 7.61. The van der Waals surface area contributed by atoms with Gasteiger partial charge in [0.25, 0.3) is 0 Å². The van der Waals surface area contributed by atoms with Crippen LogP contribution in [0.15, 0.2) is 11.6 Å². The van der Waals surface area contributed by atoms with Gasteiger partial charge in [-0.15, -0.1) is 0 Å². The van der Waals surface area contributed by atoms with E-state index in [1.807, 2.05) is 6.08 Å². The SMILES string of the molecule is CCCCCC(O[Si](C)(C)C(C)(C)C)/C(C)=C\CO. The molecule has 0 rings (SSSR count). The van der Waals surface area contributed by atoms with Crippen LogP contribution in [0.1, 0.15) is 60.3 Å². The molecule has 0 aromatic heterocycles. The van der Waals surface area contributed by atoms with Crippen LogP contribution in [0.5, 0.6) is 0 Å². The average Bonchev–Trinajstić information content (AvgIpc) is 2.26. The van der Waals surface area contributed by atoms with E-state index in [4.69, 9.17) is 9.53 Å². The largest absolute Gasteiger partial charge is 0.410 e. The molecular formula is C16H34O2Si. The summed E-state index contributed by atoms with van der Waals surface area (Å²) in [6.07, 6.45) is 6.83. The molecule has 114 valence electrons. The van der Waals surface area contributed by atoms with Crippen LogP contribution < -0.4 is 0 Å². The minimum absolute atomic E-state index is 0.108. The molecule has 0 bridgehead atoms. The van der Waals surface area contributed by atoms with Gasteiger partial charge in [0.1, 0.15) is 0 Å². The van der Waals surface area contributed by atoms with E-state index in [1.54, 1.807) is 0 Å². The van der Waals surface area contributed by atoms with Gasteiger partial charge in [-0.05, 0) is 37.0 Å². The van der Waals surface area contributed by atoms with Crippen molar-refractivity contribution in [3.8, 4) is 0 Å². The fraction of sp³-hybridized carbons (Fsp3) is 0.875. The minimum Gasteiger partial charge on any atom is -0.410 e. The van der Waals surface area contributed by atoms with Crippen molar-refractivity contribution >= 4 is 8.32 Å². The Morgan fingerprint density at radius 1 is 1.26 bits per heavy atom. The maximum atomic E-state index is 9.09. The summed E-state index contributed by atoms with van der Waals surface area (Å²) in [5.41, 5.74) is 1.18. The lowest BCUT2D eigenvalue weighted by atomic mass is 10.0. The summed E-state index contributed by atoms with van der Waals surface area (Å²) < 4.78 is 6.52. The third-order valence-electron chi connectivity index (χ3n) is 4.23. The zero-order valence-electron chi connectivity index (χ0n) is 14.0. The van der Waals surface area contributed by atoms with E-state index in [9.17, 15) is 0 Å². The van der Waals surface area contributed by atoms with E-state index in [-0.39, 0.29) is 17.7 Å². The molecule has 1 unspecified atom stereocenters. The van der Waals surface area contributed by atoms with E-state index < -0.39 is 8.32 Å². The molecule has 2 nitrogen and oxygen atoms in total. The van der Waals surface area contributed by atoms with Crippen LogP contribution in [0, 0.1) is 0 Å². The highest BCUT2D eigenvalue weighted by molar-refractivity contribution is 6.74. The normalized spacial score (nSPS) is 15.7. The Morgan fingerprint density at radius 2 is 1.84 bits per heavy atom. The van der Waals surface area contributed by atoms with Crippen LogP contribution in [-0.2, 0) is 4.43 Å². The average molecular weight is 287 g/mol. The fourth-order valence-electron chi connectivity index (χ4n) is 1.77. The van der Waals surface area contributed by atoms with Crippen molar-refractivity contribution in [3.63, 3.8) is 0 Å². The fourth-order valence-corrected chi connectivity index (χ4v) is 3.14. The molecule has 0 aliphatic carbocycles. The quantitative estimate of drug-likeness (QED) is 0.391. The first-order chi connectivity index (χ1) is 8.65. The summed E-state index contributed by atoms with van der Waals surface area (Å²) in [5.74, 6) is 0. The molecule has 0 radical (unpaired) electrons. The number of hydrogen-bond acceptors (Lipinski definition) is 2. The number of aliphatic hydroxyl groups is 1. The Labute approximate surface area is 121 Å². The third-order valence-corrected chi connectivity index (χ3v) is 8.72. The van der Waals surface area contributed by atoms with Gasteiger partial charge in [-0.1, -0.05) is 53.0 Å². The first-order valence-corrected chi connectivity index (χ1v) is 10.5. The summed E-state index contributed by atoms with van der Waals surface area (Å²) >= 11 is 0. The van der Waals surface area contributed by atoms with Gasteiger partial charge in [-0.2, -0.15) is 0 Å². The van der Waals surface area contributed by atoms with Crippen LogP contribution in [0.3, 0.4) is 0 Å². The number of unbranched alkanes of at least 4 members (excludes halogenated alkanes) is 2. The highest BCUT2D eigenvalue weighted by Crippen LogP contribution is 2.38.